The Kier molecular flexibility index (Phi) is 6.87. The van der Waals surface area contributed by atoms with Crippen LogP contribution in [0.15, 0.2) is 85.5 Å². The zero-order valence-electron chi connectivity index (χ0n) is 19.6. The summed E-state index contributed by atoms with van der Waals surface area (Å²) >= 11 is 6.04. The summed E-state index contributed by atoms with van der Waals surface area (Å²) in [4.78, 5) is 19.7. The molecule has 5 nitrogen and oxygen atoms in total. The second kappa shape index (κ2) is 10.4. The van der Waals surface area contributed by atoms with Crippen molar-refractivity contribution in [3.63, 3.8) is 0 Å². The van der Waals surface area contributed by atoms with E-state index < -0.39 is 0 Å². The third kappa shape index (κ3) is 4.96. The zero-order valence-corrected chi connectivity index (χ0v) is 20.3. The molecule has 1 aliphatic heterocycles. The van der Waals surface area contributed by atoms with Crippen LogP contribution >= 0.6 is 11.6 Å². The molecule has 1 atom stereocenters. The van der Waals surface area contributed by atoms with Crippen LogP contribution in [-0.4, -0.2) is 28.6 Å². The predicted molar refractivity (Wildman–Crippen MR) is 141 cm³/mol. The van der Waals surface area contributed by atoms with Gasteiger partial charge in [0.15, 0.2) is 0 Å². The molecular weight excluding hydrogens is 458 g/mol. The van der Waals surface area contributed by atoms with Gasteiger partial charge in [-0.1, -0.05) is 48.0 Å². The van der Waals surface area contributed by atoms with Gasteiger partial charge in [-0.3, -0.25) is 4.79 Å². The largest absolute Gasteiger partial charge is 0.493 e. The average molecular weight is 486 g/mol. The summed E-state index contributed by atoms with van der Waals surface area (Å²) in [6.45, 7) is 5.81. The first-order chi connectivity index (χ1) is 17.1. The number of fused-ring (bicyclic) bond motifs is 1. The molecule has 1 aromatic heterocycles. The quantitative estimate of drug-likeness (QED) is 0.203. The van der Waals surface area contributed by atoms with Crippen LogP contribution in [0.1, 0.15) is 30.1 Å². The Hall–Kier alpha value is -3.57. The number of ether oxygens (including phenoxy) is 1. The molecule has 2 heterocycles. The van der Waals surface area contributed by atoms with Crippen molar-refractivity contribution in [1.82, 2.24) is 9.55 Å². The fourth-order valence-corrected chi connectivity index (χ4v) is 4.89. The van der Waals surface area contributed by atoms with Crippen LogP contribution in [0, 0.1) is 0 Å². The summed E-state index contributed by atoms with van der Waals surface area (Å²) in [5.41, 5.74) is 4.06. The fourth-order valence-electron chi connectivity index (χ4n) is 4.77. The molecule has 0 spiro atoms. The van der Waals surface area contributed by atoms with Crippen LogP contribution in [-0.2, 0) is 17.8 Å². The molecule has 1 unspecified atom stereocenters. The minimum atomic E-state index is 0.0276. The molecule has 6 heteroatoms. The molecular formula is C29H28ClN3O2. The van der Waals surface area contributed by atoms with Gasteiger partial charge in [0.1, 0.15) is 11.6 Å². The third-order valence-corrected chi connectivity index (χ3v) is 6.69. The number of carbonyl (C=O) groups is 1. The third-order valence-electron chi connectivity index (χ3n) is 6.43. The summed E-state index contributed by atoms with van der Waals surface area (Å²) in [6.07, 6.45) is 3.95. The lowest BCUT2D eigenvalue weighted by Gasteiger charge is -2.18. The van der Waals surface area contributed by atoms with E-state index in [0.29, 0.717) is 24.6 Å². The van der Waals surface area contributed by atoms with Crippen LogP contribution < -0.4 is 9.64 Å². The maximum atomic E-state index is 12.9. The number of nitrogens with zero attached hydrogens (tertiary/aromatic N) is 3. The normalized spacial score (nSPS) is 15.6. The second-order valence-electron chi connectivity index (χ2n) is 8.79. The van der Waals surface area contributed by atoms with E-state index in [4.69, 9.17) is 21.3 Å². The zero-order chi connectivity index (χ0) is 24.2. The van der Waals surface area contributed by atoms with Gasteiger partial charge in [0.25, 0.3) is 0 Å². The molecule has 0 aliphatic carbocycles. The number of anilines is 1. The van der Waals surface area contributed by atoms with E-state index in [1.807, 2.05) is 71.6 Å². The van der Waals surface area contributed by atoms with Crippen LogP contribution in [0.5, 0.6) is 5.75 Å². The van der Waals surface area contributed by atoms with Crippen molar-refractivity contribution in [2.75, 3.05) is 18.1 Å². The number of rotatable bonds is 9. The number of amides is 1. The molecule has 1 fully saturated rings. The number of carbonyl (C=O) groups excluding carboxylic acids is 1. The Morgan fingerprint density at radius 1 is 1.06 bits per heavy atom. The highest BCUT2D eigenvalue weighted by Crippen LogP contribution is 2.33. The monoisotopic (exact) mass is 485 g/mol. The number of allylic oxidation sites excluding steroid dienone is 1. The number of halogens is 1. The Bertz CT molecular complexity index is 1350. The standard InChI is InChI=1S/C29H28ClN3O2/c1-2-8-21-9-3-6-12-27(21)35-18-7-17-32-26-11-5-4-10-25(26)31-29(32)22-19-28(34)33(20-22)24-15-13-23(30)14-16-24/h2-6,9-16,22H,1,7-8,17-20H2. The van der Waals surface area contributed by atoms with Crippen molar-refractivity contribution in [3.8, 4) is 5.75 Å². The van der Waals surface area contributed by atoms with Crippen molar-refractivity contribution >= 4 is 34.2 Å². The molecule has 0 saturated carbocycles. The fraction of sp³-hybridized carbons (Fsp3) is 0.241. The van der Waals surface area contributed by atoms with Gasteiger partial charge >= 0.3 is 0 Å². The summed E-state index contributed by atoms with van der Waals surface area (Å²) in [5.74, 6) is 2.00. The maximum absolute atomic E-state index is 12.9. The number of hydrogen-bond acceptors (Lipinski definition) is 3. The summed E-state index contributed by atoms with van der Waals surface area (Å²) in [7, 11) is 0. The Morgan fingerprint density at radius 2 is 1.83 bits per heavy atom. The molecule has 5 rings (SSSR count). The van der Waals surface area contributed by atoms with Gasteiger partial charge in [-0.05, 0) is 60.9 Å². The number of imidazole rings is 1. The van der Waals surface area contributed by atoms with Crippen molar-refractivity contribution in [3.05, 3.63) is 102 Å². The molecule has 1 saturated heterocycles. The molecule has 1 aliphatic rings. The minimum Gasteiger partial charge on any atom is -0.493 e. The Labute approximate surface area is 210 Å². The van der Waals surface area contributed by atoms with Crippen molar-refractivity contribution in [2.45, 2.75) is 31.7 Å². The van der Waals surface area contributed by atoms with Crippen LogP contribution in [0.4, 0.5) is 5.69 Å². The van der Waals surface area contributed by atoms with E-state index in [2.05, 4.69) is 23.3 Å². The smallest absolute Gasteiger partial charge is 0.227 e. The molecule has 178 valence electrons. The maximum Gasteiger partial charge on any atom is 0.227 e. The molecule has 0 N–H and O–H groups in total. The van der Waals surface area contributed by atoms with Crippen molar-refractivity contribution in [2.24, 2.45) is 0 Å². The lowest BCUT2D eigenvalue weighted by molar-refractivity contribution is -0.117. The summed E-state index contributed by atoms with van der Waals surface area (Å²) in [6, 6.07) is 23.7. The van der Waals surface area contributed by atoms with E-state index in [9.17, 15) is 4.79 Å². The van der Waals surface area contributed by atoms with Crippen LogP contribution in [0.2, 0.25) is 5.02 Å². The summed E-state index contributed by atoms with van der Waals surface area (Å²) in [5, 5.41) is 0.660. The van der Waals surface area contributed by atoms with E-state index in [0.717, 1.165) is 53.2 Å². The van der Waals surface area contributed by atoms with Gasteiger partial charge in [0.2, 0.25) is 5.91 Å². The highest BCUT2D eigenvalue weighted by Gasteiger charge is 2.34. The summed E-state index contributed by atoms with van der Waals surface area (Å²) < 4.78 is 8.37. The minimum absolute atomic E-state index is 0.0276. The number of aromatic nitrogens is 2. The molecule has 4 aromatic rings. The van der Waals surface area contributed by atoms with Gasteiger partial charge in [-0.25, -0.2) is 4.98 Å². The van der Waals surface area contributed by atoms with E-state index in [1.54, 1.807) is 0 Å². The lowest BCUT2D eigenvalue weighted by Crippen LogP contribution is -2.24. The van der Waals surface area contributed by atoms with Crippen molar-refractivity contribution in [1.29, 1.82) is 0 Å². The molecule has 35 heavy (non-hydrogen) atoms. The Balaban J connectivity index is 1.33. The molecule has 0 bridgehead atoms. The van der Waals surface area contributed by atoms with Crippen LogP contribution in [0.25, 0.3) is 11.0 Å². The lowest BCUT2D eigenvalue weighted by atomic mass is 10.1. The molecule has 3 aromatic carbocycles. The number of para-hydroxylation sites is 3. The van der Waals surface area contributed by atoms with Gasteiger partial charge < -0.3 is 14.2 Å². The Morgan fingerprint density at radius 3 is 2.66 bits per heavy atom. The van der Waals surface area contributed by atoms with Gasteiger partial charge in [-0.2, -0.15) is 0 Å². The van der Waals surface area contributed by atoms with Gasteiger partial charge in [0, 0.05) is 36.1 Å². The number of aryl methyl sites for hydroxylation is 1. The highest BCUT2D eigenvalue weighted by atomic mass is 35.5. The van der Waals surface area contributed by atoms with E-state index >= 15 is 0 Å². The first kappa shape index (κ1) is 23.2. The SMILES string of the molecule is C=CCc1ccccc1OCCCn1c(C2CC(=O)N(c3ccc(Cl)cc3)C2)nc2ccccc21. The second-order valence-corrected chi connectivity index (χ2v) is 9.23. The average Bonchev–Trinajstić information content (AvgIpc) is 3.44. The van der Waals surface area contributed by atoms with Crippen LogP contribution in [0.3, 0.4) is 0 Å². The van der Waals surface area contributed by atoms with E-state index in [-0.39, 0.29) is 11.8 Å². The van der Waals surface area contributed by atoms with Gasteiger partial charge in [-0.15, -0.1) is 6.58 Å². The predicted octanol–water partition coefficient (Wildman–Crippen LogP) is 6.41. The van der Waals surface area contributed by atoms with E-state index in [1.165, 1.54) is 0 Å². The topological polar surface area (TPSA) is 47.4 Å². The van der Waals surface area contributed by atoms with Gasteiger partial charge in [0.05, 0.1) is 17.6 Å². The first-order valence-corrected chi connectivity index (χ1v) is 12.3. The number of hydrogen-bond donors (Lipinski definition) is 0. The molecule has 1 amide bonds. The highest BCUT2D eigenvalue weighted by molar-refractivity contribution is 6.30. The number of benzene rings is 3. The molecule has 0 radical (unpaired) electrons. The first-order valence-electron chi connectivity index (χ1n) is 12.0. The van der Waals surface area contributed by atoms with Crippen molar-refractivity contribution < 1.29 is 9.53 Å².